The average molecular weight is 318 g/mol. The molecule has 0 amide bonds. The highest BCUT2D eigenvalue weighted by Crippen LogP contribution is 2.36. The maximum atomic E-state index is 13.0. The van der Waals surface area contributed by atoms with Crippen LogP contribution in [-0.4, -0.2) is 26.0 Å². The zero-order valence-corrected chi connectivity index (χ0v) is 11.8. The molecule has 2 rings (SSSR count). The molecule has 1 aromatic carbocycles. The summed E-state index contributed by atoms with van der Waals surface area (Å²) in [5, 5.41) is 11.3. The first-order valence-electron chi connectivity index (χ1n) is 6.29. The Bertz CT molecular complexity index is 678. The van der Waals surface area contributed by atoms with Crippen LogP contribution in [0.2, 0.25) is 0 Å². The largest absolute Gasteiger partial charge is 0.418 e. The summed E-state index contributed by atoms with van der Waals surface area (Å²) in [5.74, 6) is -0.102. The van der Waals surface area contributed by atoms with E-state index in [1.165, 1.54) is 12.1 Å². The highest BCUT2D eigenvalue weighted by Gasteiger charge is 2.35. The van der Waals surface area contributed by atoms with Crippen LogP contribution in [0.5, 0.6) is 0 Å². The molecule has 8 heteroatoms. The molecule has 4 nitrogen and oxygen atoms in total. The third kappa shape index (κ3) is 3.88. The van der Waals surface area contributed by atoms with E-state index in [0.29, 0.717) is 12.8 Å². The van der Waals surface area contributed by atoms with E-state index in [1.54, 1.807) is 6.07 Å². The van der Waals surface area contributed by atoms with Gasteiger partial charge in [-0.2, -0.15) is 18.4 Å². The number of rotatable bonds is 2. The minimum Gasteiger partial charge on any atom is -0.381 e. The number of nitrogens with zero attached hydrogens (tertiary/aromatic N) is 1. The summed E-state index contributed by atoms with van der Waals surface area (Å²) >= 11 is 0. The number of nitrogens with one attached hydrogen (secondary N) is 1. The van der Waals surface area contributed by atoms with E-state index in [4.69, 9.17) is 5.26 Å². The van der Waals surface area contributed by atoms with Crippen molar-refractivity contribution < 1.29 is 21.6 Å². The molecule has 1 unspecified atom stereocenters. The molecule has 114 valence electrons. The fraction of sp³-hybridized carbons (Fsp3) is 0.462. The maximum absolute atomic E-state index is 13.0. The second-order valence-electron chi connectivity index (χ2n) is 4.97. The van der Waals surface area contributed by atoms with Gasteiger partial charge >= 0.3 is 6.18 Å². The summed E-state index contributed by atoms with van der Waals surface area (Å²) in [6.07, 6.45) is -3.68. The first-order chi connectivity index (χ1) is 9.71. The Morgan fingerprint density at radius 2 is 2.05 bits per heavy atom. The first kappa shape index (κ1) is 15.6. The van der Waals surface area contributed by atoms with Crippen LogP contribution in [0.3, 0.4) is 0 Å². The number of hydrogen-bond donors (Lipinski definition) is 1. The molecule has 1 aliphatic rings. The van der Waals surface area contributed by atoms with Gasteiger partial charge in [-0.05, 0) is 31.0 Å². The normalized spacial score (nSPS) is 21.5. The Hall–Kier alpha value is -1.75. The maximum Gasteiger partial charge on any atom is 0.418 e. The van der Waals surface area contributed by atoms with E-state index < -0.39 is 27.6 Å². The van der Waals surface area contributed by atoms with Gasteiger partial charge in [0.2, 0.25) is 0 Å². The lowest BCUT2D eigenvalue weighted by Gasteiger charge is -2.25. The topological polar surface area (TPSA) is 70.0 Å². The van der Waals surface area contributed by atoms with Crippen molar-refractivity contribution in [1.82, 2.24) is 0 Å². The summed E-state index contributed by atoms with van der Waals surface area (Å²) < 4.78 is 62.1. The van der Waals surface area contributed by atoms with Gasteiger partial charge in [-0.15, -0.1) is 0 Å². The number of alkyl halides is 3. The molecule has 0 spiro atoms. The Morgan fingerprint density at radius 3 is 2.62 bits per heavy atom. The monoisotopic (exact) mass is 318 g/mol. The van der Waals surface area contributed by atoms with Crippen molar-refractivity contribution in [3.63, 3.8) is 0 Å². The fourth-order valence-electron chi connectivity index (χ4n) is 2.33. The van der Waals surface area contributed by atoms with Crippen LogP contribution in [-0.2, 0) is 16.0 Å². The Morgan fingerprint density at radius 1 is 1.33 bits per heavy atom. The molecule has 1 aliphatic heterocycles. The molecule has 0 radical (unpaired) electrons. The Labute approximate surface area is 120 Å². The number of halogens is 3. The molecule has 0 aliphatic carbocycles. The molecule has 1 saturated heterocycles. The predicted octanol–water partition coefficient (Wildman–Crippen LogP) is 2.57. The number of anilines is 1. The number of benzene rings is 1. The molecule has 1 N–H and O–H groups in total. The fourth-order valence-corrected chi connectivity index (χ4v) is 3.97. The van der Waals surface area contributed by atoms with Gasteiger partial charge in [-0.1, -0.05) is 0 Å². The van der Waals surface area contributed by atoms with Crippen LogP contribution >= 0.6 is 0 Å². The van der Waals surface area contributed by atoms with Crippen molar-refractivity contribution in [3.8, 4) is 6.07 Å². The lowest BCUT2D eigenvalue weighted by atomic mass is 10.1. The van der Waals surface area contributed by atoms with Crippen molar-refractivity contribution in [3.05, 3.63) is 29.3 Å². The van der Waals surface area contributed by atoms with Crippen LogP contribution < -0.4 is 5.32 Å². The molecule has 1 atom stereocenters. The number of sulfone groups is 1. The smallest absolute Gasteiger partial charge is 0.381 e. The quantitative estimate of drug-likeness (QED) is 0.910. The summed E-state index contributed by atoms with van der Waals surface area (Å²) in [7, 11) is -3.21. The van der Waals surface area contributed by atoms with Crippen LogP contribution in [0.1, 0.15) is 24.0 Å². The van der Waals surface area contributed by atoms with Gasteiger partial charge in [0.25, 0.3) is 0 Å². The third-order valence-corrected chi connectivity index (χ3v) is 5.10. The van der Waals surface area contributed by atoms with Gasteiger partial charge in [-0.3, -0.25) is 0 Å². The van der Waals surface area contributed by atoms with Crippen molar-refractivity contribution in [2.75, 3.05) is 16.8 Å². The van der Waals surface area contributed by atoms with E-state index in [-0.39, 0.29) is 22.8 Å². The Balaban J connectivity index is 2.30. The average Bonchev–Trinajstić information content (AvgIpc) is 2.36. The molecule has 21 heavy (non-hydrogen) atoms. The minimum atomic E-state index is -4.61. The summed E-state index contributed by atoms with van der Waals surface area (Å²) in [5.41, 5.74) is -1.24. The third-order valence-electron chi connectivity index (χ3n) is 3.28. The van der Waals surface area contributed by atoms with E-state index in [1.807, 2.05) is 0 Å². The highest BCUT2D eigenvalue weighted by atomic mass is 32.2. The standard InChI is InChI=1S/C13H13F3N2O2S/c14-13(15,16)11-6-9(7-17)3-4-12(11)18-10-2-1-5-21(19,20)8-10/h3-4,6,10,18H,1-2,5,8H2. The molecule has 0 bridgehead atoms. The molecule has 1 heterocycles. The Kier molecular flexibility index (Phi) is 4.14. The van der Waals surface area contributed by atoms with Crippen molar-refractivity contribution in [1.29, 1.82) is 5.26 Å². The second-order valence-corrected chi connectivity index (χ2v) is 7.20. The summed E-state index contributed by atoms with van der Waals surface area (Å²) in [4.78, 5) is 0. The van der Waals surface area contributed by atoms with E-state index in [9.17, 15) is 21.6 Å². The molecular weight excluding hydrogens is 305 g/mol. The van der Waals surface area contributed by atoms with E-state index >= 15 is 0 Å². The molecule has 1 aromatic rings. The van der Waals surface area contributed by atoms with Crippen LogP contribution in [0.15, 0.2) is 18.2 Å². The predicted molar refractivity (Wildman–Crippen MR) is 71.5 cm³/mol. The molecular formula is C13H13F3N2O2S. The van der Waals surface area contributed by atoms with Gasteiger partial charge in [0, 0.05) is 11.7 Å². The first-order valence-corrected chi connectivity index (χ1v) is 8.12. The number of nitriles is 1. The van der Waals surface area contributed by atoms with E-state index in [0.717, 1.165) is 6.07 Å². The van der Waals surface area contributed by atoms with Crippen LogP contribution in [0.4, 0.5) is 18.9 Å². The van der Waals surface area contributed by atoms with Crippen molar-refractivity contribution in [2.45, 2.75) is 25.1 Å². The second kappa shape index (κ2) is 5.56. The molecule has 1 fully saturated rings. The number of hydrogen-bond acceptors (Lipinski definition) is 4. The van der Waals surface area contributed by atoms with Crippen LogP contribution in [0, 0.1) is 11.3 Å². The zero-order valence-electron chi connectivity index (χ0n) is 10.9. The van der Waals surface area contributed by atoms with Crippen molar-refractivity contribution >= 4 is 15.5 Å². The van der Waals surface area contributed by atoms with Gasteiger partial charge in [0.05, 0.1) is 28.7 Å². The van der Waals surface area contributed by atoms with Gasteiger partial charge < -0.3 is 5.32 Å². The molecule has 0 aromatic heterocycles. The van der Waals surface area contributed by atoms with Crippen LogP contribution in [0.25, 0.3) is 0 Å². The van der Waals surface area contributed by atoms with Gasteiger partial charge in [-0.25, -0.2) is 8.42 Å². The zero-order chi connectivity index (χ0) is 15.7. The summed E-state index contributed by atoms with van der Waals surface area (Å²) in [6, 6.07) is 4.32. The van der Waals surface area contributed by atoms with Gasteiger partial charge in [0.1, 0.15) is 0 Å². The lowest BCUT2D eigenvalue weighted by molar-refractivity contribution is -0.137. The summed E-state index contributed by atoms with van der Waals surface area (Å²) in [6.45, 7) is 0. The minimum absolute atomic E-state index is 0.0741. The highest BCUT2D eigenvalue weighted by molar-refractivity contribution is 7.91. The molecule has 0 saturated carbocycles. The van der Waals surface area contributed by atoms with Gasteiger partial charge in [0.15, 0.2) is 9.84 Å². The van der Waals surface area contributed by atoms with E-state index in [2.05, 4.69) is 5.32 Å². The van der Waals surface area contributed by atoms with Crippen molar-refractivity contribution in [2.24, 2.45) is 0 Å². The lowest BCUT2D eigenvalue weighted by Crippen LogP contribution is -2.35. The SMILES string of the molecule is N#Cc1ccc(NC2CCCS(=O)(=O)C2)c(C(F)(F)F)c1.